The van der Waals surface area contributed by atoms with Gasteiger partial charge in [-0.15, -0.1) is 0 Å². The normalized spacial score (nSPS) is 0. The van der Waals surface area contributed by atoms with Crippen LogP contribution in [-0.2, 0) is 0 Å². The van der Waals surface area contributed by atoms with Crippen LogP contribution in [0.2, 0.25) is 0 Å². The number of rotatable bonds is 0. The summed E-state index contributed by atoms with van der Waals surface area (Å²) in [7, 11) is 0. The van der Waals surface area contributed by atoms with Crippen LogP contribution in [-0.4, -0.2) is 23.1 Å². The van der Waals surface area contributed by atoms with Gasteiger partial charge in [0.25, 0.3) is 0 Å². The van der Waals surface area contributed by atoms with Gasteiger partial charge in [0.2, 0.25) is 0 Å². The van der Waals surface area contributed by atoms with Gasteiger partial charge in [-0.3, -0.25) is 0 Å². The van der Waals surface area contributed by atoms with Crippen LogP contribution < -0.4 is 0 Å². The molecule has 0 aromatic heterocycles. The van der Waals surface area contributed by atoms with Gasteiger partial charge in [0.1, 0.15) is 0 Å². The molecule has 0 radical (unpaired) electrons. The van der Waals surface area contributed by atoms with E-state index in [1.165, 1.54) is 0 Å². The largest absolute Gasteiger partial charge is 2.00 e. The van der Waals surface area contributed by atoms with Gasteiger partial charge in [-0.05, 0) is 0 Å². The summed E-state index contributed by atoms with van der Waals surface area (Å²) in [5, 5.41) is 0. The molecule has 0 fully saturated rings. The number of hydrogen-bond acceptors (Lipinski definition) is 0. The van der Waals surface area contributed by atoms with E-state index in [1.54, 1.807) is 0 Å². The van der Waals surface area contributed by atoms with E-state index in [-0.39, 0.29) is 60.3 Å². The van der Waals surface area contributed by atoms with E-state index in [2.05, 4.69) is 0 Å². The van der Waals surface area contributed by atoms with Gasteiger partial charge in [0, 0.05) is 0 Å². The predicted octanol–water partition coefficient (Wildman–Crippen LogP) is 0.706. The molecule has 0 aromatic carbocycles. The topological polar surface area (TPSA) is 0 Å². The van der Waals surface area contributed by atoms with E-state index < -0.39 is 0 Å². The smallest absolute Gasteiger partial charge is 1.00 e. The summed E-state index contributed by atoms with van der Waals surface area (Å²) in [5.74, 6) is 0. The van der Waals surface area contributed by atoms with Gasteiger partial charge in [0.05, 0.1) is 0 Å². The van der Waals surface area contributed by atoms with Crippen molar-refractivity contribution in [1.82, 2.24) is 0 Å². The third kappa shape index (κ3) is 9.81. The van der Waals surface area contributed by atoms with Crippen molar-refractivity contribution >= 4 is 50.0 Å². The molecular formula is CH10MgS2. The first kappa shape index (κ1) is 50.7. The Kier molecular flexibility index (Phi) is 316. The van der Waals surface area contributed by atoms with Crippen LogP contribution in [0.4, 0.5) is 0 Å². The van der Waals surface area contributed by atoms with Gasteiger partial charge < -0.3 is 2.85 Å². The summed E-state index contributed by atoms with van der Waals surface area (Å²) in [4.78, 5) is 0. The van der Waals surface area contributed by atoms with Crippen LogP contribution in [0, 0.1) is 0 Å². The molecule has 0 heterocycles. The van der Waals surface area contributed by atoms with Crippen molar-refractivity contribution in [2.45, 2.75) is 7.43 Å². The molecule has 0 aliphatic heterocycles. The minimum atomic E-state index is 0. The van der Waals surface area contributed by atoms with E-state index in [0.717, 1.165) is 0 Å². The summed E-state index contributed by atoms with van der Waals surface area (Å²) in [6.07, 6.45) is 0. The second-order valence-electron chi connectivity index (χ2n) is 0. The molecule has 0 spiro atoms. The predicted molar refractivity (Wildman–Crippen MR) is 35.5 cm³/mol. The van der Waals surface area contributed by atoms with Gasteiger partial charge >= 0.3 is 23.1 Å². The van der Waals surface area contributed by atoms with Crippen LogP contribution in [0.5, 0.6) is 0 Å². The molecule has 0 rings (SSSR count). The van der Waals surface area contributed by atoms with Crippen molar-refractivity contribution in [2.75, 3.05) is 0 Å². The molecule has 0 saturated heterocycles. The van der Waals surface area contributed by atoms with E-state index in [0.29, 0.717) is 0 Å². The first-order valence-corrected chi connectivity index (χ1v) is 0. The zero-order valence-corrected chi connectivity index (χ0v) is 5.12. The summed E-state index contributed by atoms with van der Waals surface area (Å²) in [5.41, 5.74) is 0. The molecule has 28 valence electrons. The molecule has 0 saturated carbocycles. The third-order valence-electron chi connectivity index (χ3n) is 0. The average molecular weight is 111 g/mol. The first-order valence-electron chi connectivity index (χ1n) is 0. The minimum absolute atomic E-state index is 0. The van der Waals surface area contributed by atoms with E-state index in [9.17, 15) is 0 Å². The maximum atomic E-state index is 0. The molecule has 0 nitrogen and oxygen atoms in total. The zero-order valence-electron chi connectivity index (χ0n) is 3.71. The summed E-state index contributed by atoms with van der Waals surface area (Å²) in [6, 6.07) is 0. The van der Waals surface area contributed by atoms with Crippen molar-refractivity contribution in [3.63, 3.8) is 0 Å². The van der Waals surface area contributed by atoms with Crippen LogP contribution in [0.3, 0.4) is 0 Å². The molecule has 0 atom stereocenters. The van der Waals surface area contributed by atoms with Gasteiger partial charge in [-0.2, -0.15) is 27.0 Å². The molecule has 0 bridgehead atoms. The van der Waals surface area contributed by atoms with Crippen molar-refractivity contribution in [3.05, 3.63) is 0 Å². The summed E-state index contributed by atoms with van der Waals surface area (Å²) >= 11 is 0. The van der Waals surface area contributed by atoms with Crippen LogP contribution in [0.1, 0.15) is 10.3 Å². The van der Waals surface area contributed by atoms with Crippen molar-refractivity contribution in [1.29, 1.82) is 0 Å². The van der Waals surface area contributed by atoms with Crippen LogP contribution in [0.25, 0.3) is 0 Å². The molecule has 0 aliphatic rings. The van der Waals surface area contributed by atoms with E-state index >= 15 is 0 Å². The van der Waals surface area contributed by atoms with Gasteiger partial charge in [0.15, 0.2) is 0 Å². The molecular weight excluding hydrogens is 100 g/mol. The Morgan fingerprint density at radius 3 is 1.00 bits per heavy atom. The third-order valence-corrected chi connectivity index (χ3v) is 0. The second-order valence-corrected chi connectivity index (χ2v) is 0. The fourth-order valence-electron chi connectivity index (χ4n) is 0. The van der Waals surface area contributed by atoms with Crippen molar-refractivity contribution < 1.29 is 2.85 Å². The second kappa shape index (κ2) is 25.0. The van der Waals surface area contributed by atoms with Crippen LogP contribution >= 0.6 is 27.0 Å². The van der Waals surface area contributed by atoms with Gasteiger partial charge in [-0.25, -0.2) is 0 Å². The standard InChI is InChI=1S/CH4.Mg.2H2S.2H/h1H4;;2*1H2;;/q;+2;;;2*-1. The van der Waals surface area contributed by atoms with E-state index in [1.807, 2.05) is 0 Å². The molecule has 4 heavy (non-hydrogen) atoms. The molecule has 0 aliphatic carbocycles. The van der Waals surface area contributed by atoms with Crippen molar-refractivity contribution in [3.8, 4) is 0 Å². The fraction of sp³-hybridized carbons (Fsp3) is 1.00. The van der Waals surface area contributed by atoms with E-state index in [4.69, 9.17) is 0 Å². The number of hydrogen-bond donors (Lipinski definition) is 0. The molecule has 0 aromatic rings. The fourth-order valence-corrected chi connectivity index (χ4v) is 0. The molecule has 3 heteroatoms. The summed E-state index contributed by atoms with van der Waals surface area (Å²) in [6.45, 7) is 0. The Morgan fingerprint density at radius 2 is 1.00 bits per heavy atom. The minimum Gasteiger partial charge on any atom is -1.00 e. The SMILES string of the molecule is C.S.S.[H-].[H-].[Mg+2]. The molecule has 0 amide bonds. The van der Waals surface area contributed by atoms with Gasteiger partial charge in [-0.1, -0.05) is 7.43 Å². The maximum absolute atomic E-state index is 0. The Labute approximate surface area is 60.4 Å². The first-order chi connectivity index (χ1) is 0. The van der Waals surface area contributed by atoms with Crippen LogP contribution in [0.15, 0.2) is 0 Å². The molecule has 0 N–H and O–H groups in total. The summed E-state index contributed by atoms with van der Waals surface area (Å²) < 4.78 is 0. The van der Waals surface area contributed by atoms with Crippen molar-refractivity contribution in [2.24, 2.45) is 0 Å². The Balaban J connectivity index is 0. The Morgan fingerprint density at radius 1 is 1.00 bits per heavy atom. The molecule has 0 unspecified atom stereocenters. The quantitative estimate of drug-likeness (QED) is 0.403. The Bertz CT molecular complexity index is 11.5. The average Bonchev–Trinajstić information content (AvgIpc) is 0. The zero-order chi connectivity index (χ0) is 0. The monoisotopic (exact) mass is 110 g/mol. The maximum Gasteiger partial charge on any atom is 2.00 e. The Hall–Kier alpha value is 1.47.